The molecule has 0 aromatic heterocycles. The number of hydrogen-bond acceptors (Lipinski definition) is 2. The van der Waals surface area contributed by atoms with Gasteiger partial charge in [0.15, 0.2) is 0 Å². The quantitative estimate of drug-likeness (QED) is 0.422. The number of hydrogen-bond donors (Lipinski definition) is 2. The zero-order valence-corrected chi connectivity index (χ0v) is 5.58. The minimum Gasteiger partial charge on any atom is -0.329 e. The summed E-state index contributed by atoms with van der Waals surface area (Å²) in [5.41, 5.74) is 4.99. The van der Waals surface area contributed by atoms with Crippen LogP contribution in [0.2, 0.25) is 0 Å². The molecular weight excluding hydrogens is 107 g/mol. The molecule has 0 bridgehead atoms. The molecule has 2 nitrogen and oxygen atoms in total. The topological polar surface area (TPSA) is 38.0 Å². The zero-order chi connectivity index (χ0) is 6.83. The van der Waals surface area contributed by atoms with E-state index in [4.69, 9.17) is 5.73 Å². The van der Waals surface area contributed by atoms with Crippen molar-refractivity contribution in [3.8, 4) is 0 Å². The fourth-order valence-electron chi connectivity index (χ4n) is 0.169. The zero-order valence-electron chi connectivity index (χ0n) is 5.58. The summed E-state index contributed by atoms with van der Waals surface area (Å²) >= 11 is 0. The van der Waals surface area contributed by atoms with Crippen molar-refractivity contribution in [2.45, 2.75) is 13.8 Å². The summed E-state index contributed by atoms with van der Waals surface area (Å²) in [6, 6.07) is 0. The monoisotopic (exact) mass is 122 g/mol. The van der Waals surface area contributed by atoms with Crippen molar-refractivity contribution in [3.63, 3.8) is 0 Å². The van der Waals surface area contributed by atoms with E-state index in [0.29, 0.717) is 13.1 Å². The van der Waals surface area contributed by atoms with Gasteiger partial charge in [-0.1, -0.05) is 13.8 Å². The Morgan fingerprint density at radius 1 is 1.50 bits per heavy atom. The molecule has 0 aromatic rings. The van der Waals surface area contributed by atoms with Crippen LogP contribution in [0.15, 0.2) is 0 Å². The van der Waals surface area contributed by atoms with Gasteiger partial charge in [0.1, 0.15) is 6.80 Å². The summed E-state index contributed by atoms with van der Waals surface area (Å²) in [5.74, 6) is 0. The van der Waals surface area contributed by atoms with E-state index in [-0.39, 0.29) is 0 Å². The summed E-state index contributed by atoms with van der Waals surface area (Å²) in [4.78, 5) is 0. The molecule has 0 fully saturated rings. The van der Waals surface area contributed by atoms with Crippen molar-refractivity contribution in [1.82, 2.24) is 5.32 Å². The summed E-state index contributed by atoms with van der Waals surface area (Å²) in [7, 11) is 0. The molecule has 0 spiro atoms. The highest BCUT2D eigenvalue weighted by molar-refractivity contribution is 4.36. The second kappa shape index (κ2) is 15.8. The van der Waals surface area contributed by atoms with Crippen LogP contribution >= 0.6 is 0 Å². The van der Waals surface area contributed by atoms with Crippen LogP contribution in [0.25, 0.3) is 0 Å². The van der Waals surface area contributed by atoms with Crippen molar-refractivity contribution in [3.05, 3.63) is 0 Å². The molecule has 3 heteroatoms. The molecule has 0 aliphatic carbocycles. The van der Waals surface area contributed by atoms with Crippen LogP contribution in [0, 0.1) is 0 Å². The average molecular weight is 122 g/mol. The van der Waals surface area contributed by atoms with E-state index in [2.05, 4.69) is 5.32 Å². The lowest BCUT2D eigenvalue weighted by atomic mass is 10.7. The van der Waals surface area contributed by atoms with E-state index in [1.165, 1.54) is 0 Å². The van der Waals surface area contributed by atoms with Gasteiger partial charge in [-0.25, -0.2) is 4.39 Å². The number of nitrogens with one attached hydrogen (secondary N) is 1. The van der Waals surface area contributed by atoms with Gasteiger partial charge < -0.3 is 5.73 Å². The van der Waals surface area contributed by atoms with Gasteiger partial charge in [-0.05, 0) is 0 Å². The first-order valence-corrected chi connectivity index (χ1v) is 2.88. The molecule has 0 saturated carbocycles. The number of rotatable bonds is 3. The fraction of sp³-hybridized carbons (Fsp3) is 1.00. The molecule has 0 saturated heterocycles. The molecule has 0 aliphatic heterocycles. The van der Waals surface area contributed by atoms with Crippen molar-refractivity contribution in [2.24, 2.45) is 5.73 Å². The Labute approximate surface area is 50.3 Å². The average Bonchev–Trinajstić information content (AvgIpc) is 1.88. The third-order valence-corrected chi connectivity index (χ3v) is 0.416. The van der Waals surface area contributed by atoms with Crippen LogP contribution in [0.4, 0.5) is 4.39 Å². The van der Waals surface area contributed by atoms with Gasteiger partial charge in [0.05, 0.1) is 0 Å². The molecule has 0 atom stereocenters. The van der Waals surface area contributed by atoms with Crippen molar-refractivity contribution >= 4 is 0 Å². The van der Waals surface area contributed by atoms with E-state index in [0.717, 1.165) is 0 Å². The minimum atomic E-state index is -0.475. The normalized spacial score (nSPS) is 7.50. The summed E-state index contributed by atoms with van der Waals surface area (Å²) in [5, 5.41) is 2.41. The highest BCUT2D eigenvalue weighted by Gasteiger charge is 1.73. The van der Waals surface area contributed by atoms with Crippen LogP contribution in [-0.2, 0) is 0 Å². The molecule has 0 radical (unpaired) electrons. The van der Waals surface area contributed by atoms with E-state index >= 15 is 0 Å². The molecule has 0 amide bonds. The van der Waals surface area contributed by atoms with E-state index < -0.39 is 6.80 Å². The Morgan fingerprint density at radius 3 is 2.12 bits per heavy atom. The van der Waals surface area contributed by atoms with Crippen LogP contribution in [0.5, 0.6) is 0 Å². The second-order valence-electron chi connectivity index (χ2n) is 0.922. The highest BCUT2D eigenvalue weighted by atomic mass is 19.1. The second-order valence-corrected chi connectivity index (χ2v) is 0.922. The Hall–Kier alpha value is -0.150. The Morgan fingerprint density at radius 2 is 2.00 bits per heavy atom. The van der Waals surface area contributed by atoms with Gasteiger partial charge in [-0.2, -0.15) is 0 Å². The molecule has 0 unspecified atom stereocenters. The van der Waals surface area contributed by atoms with Crippen molar-refractivity contribution in [2.75, 3.05) is 19.9 Å². The van der Waals surface area contributed by atoms with E-state index in [9.17, 15) is 4.39 Å². The summed E-state index contributed by atoms with van der Waals surface area (Å²) in [6.07, 6.45) is 0. The maximum atomic E-state index is 11.0. The molecule has 0 aromatic carbocycles. The van der Waals surface area contributed by atoms with Gasteiger partial charge in [0, 0.05) is 13.1 Å². The van der Waals surface area contributed by atoms with Gasteiger partial charge in [0.2, 0.25) is 0 Å². The molecule has 3 N–H and O–H groups in total. The third kappa shape index (κ3) is 16.9. The lowest BCUT2D eigenvalue weighted by Crippen LogP contribution is -2.20. The number of halogens is 1. The van der Waals surface area contributed by atoms with Crippen LogP contribution in [0.3, 0.4) is 0 Å². The van der Waals surface area contributed by atoms with Gasteiger partial charge >= 0.3 is 0 Å². The van der Waals surface area contributed by atoms with Crippen LogP contribution in [-0.4, -0.2) is 19.9 Å². The SMILES string of the molecule is CC.NCCNCF. The highest BCUT2D eigenvalue weighted by Crippen LogP contribution is 1.53. The Balaban J connectivity index is 0. The van der Waals surface area contributed by atoms with E-state index in [1.54, 1.807) is 0 Å². The number of alkyl halides is 1. The molecule has 0 heterocycles. The third-order valence-electron chi connectivity index (χ3n) is 0.416. The molecule has 0 aliphatic rings. The predicted octanol–water partition coefficient (Wildman–Crippen LogP) is 0.488. The summed E-state index contributed by atoms with van der Waals surface area (Å²) < 4.78 is 11.0. The molecule has 0 rings (SSSR count). The largest absolute Gasteiger partial charge is 0.329 e. The first kappa shape index (κ1) is 10.8. The Bertz CT molecular complexity index is 22.4. The maximum absolute atomic E-state index is 11.0. The number of nitrogens with two attached hydrogens (primary N) is 1. The van der Waals surface area contributed by atoms with Crippen molar-refractivity contribution in [1.29, 1.82) is 0 Å². The molecule has 8 heavy (non-hydrogen) atoms. The first-order valence-electron chi connectivity index (χ1n) is 2.88. The van der Waals surface area contributed by atoms with Crippen LogP contribution < -0.4 is 11.1 Å². The predicted molar refractivity (Wildman–Crippen MR) is 34.4 cm³/mol. The summed E-state index contributed by atoms with van der Waals surface area (Å²) in [6.45, 7) is 4.59. The van der Waals surface area contributed by atoms with Gasteiger partial charge in [0.25, 0.3) is 0 Å². The lowest BCUT2D eigenvalue weighted by molar-refractivity contribution is 0.430. The van der Waals surface area contributed by atoms with Crippen molar-refractivity contribution < 1.29 is 4.39 Å². The first-order chi connectivity index (χ1) is 3.91. The molecular formula is C5H15FN2. The standard InChI is InChI=1S/C3H9FN2.C2H6/c4-3-6-2-1-5;1-2/h6H,1-3,5H2;1-2H3. The fourth-order valence-corrected chi connectivity index (χ4v) is 0.169. The maximum Gasteiger partial charge on any atom is 0.140 e. The molecule has 52 valence electrons. The smallest absolute Gasteiger partial charge is 0.140 e. The minimum absolute atomic E-state index is 0.475. The van der Waals surface area contributed by atoms with Gasteiger partial charge in [-0.15, -0.1) is 0 Å². The van der Waals surface area contributed by atoms with Crippen LogP contribution in [0.1, 0.15) is 13.8 Å². The lowest BCUT2D eigenvalue weighted by Gasteiger charge is -1.89. The van der Waals surface area contributed by atoms with E-state index in [1.807, 2.05) is 13.8 Å². The Kier molecular flexibility index (Phi) is 21.3. The van der Waals surface area contributed by atoms with Gasteiger partial charge in [-0.3, -0.25) is 5.32 Å².